The normalized spacial score (nSPS) is 10.5. The first kappa shape index (κ1) is 13.2. The molecule has 0 atom stereocenters. The van der Waals surface area contributed by atoms with Gasteiger partial charge in [-0.25, -0.2) is 4.79 Å². The van der Waals surface area contributed by atoms with Crippen molar-refractivity contribution in [2.75, 3.05) is 7.11 Å². The van der Waals surface area contributed by atoms with Gasteiger partial charge in [0.15, 0.2) is 5.11 Å². The number of ether oxygens (including phenoxy) is 1. The summed E-state index contributed by atoms with van der Waals surface area (Å²) in [7, 11) is 1.33. The highest BCUT2D eigenvalue weighted by Crippen LogP contribution is 2.17. The fourth-order valence-corrected chi connectivity index (χ4v) is 1.42. The first-order valence-corrected chi connectivity index (χ1v) is 5.24. The van der Waals surface area contributed by atoms with E-state index in [0.29, 0.717) is 11.3 Å². The zero-order chi connectivity index (χ0) is 13.0. The molecule has 0 fully saturated rings. The number of carbonyl (C=O) groups excluding carboxylic acids is 1. The van der Waals surface area contributed by atoms with Gasteiger partial charge in [0, 0.05) is 5.69 Å². The number of hydrogen-bond donors (Lipinski definition) is 3. The molecule has 0 radical (unpaired) electrons. The van der Waals surface area contributed by atoms with Crippen molar-refractivity contribution in [1.82, 2.24) is 10.4 Å². The van der Waals surface area contributed by atoms with Gasteiger partial charge < -0.3 is 15.5 Å². The average molecular weight is 254 g/mol. The number of nitrogens with two attached hydrogens (primary N) is 1. The molecule has 1 aromatic heterocycles. The van der Waals surface area contributed by atoms with E-state index >= 15 is 0 Å². The van der Waals surface area contributed by atoms with Gasteiger partial charge in [-0.1, -0.05) is 0 Å². The lowest BCUT2D eigenvalue weighted by atomic mass is 10.1. The molecule has 0 aliphatic heterocycles. The number of aryl methyl sites for hydroxylation is 1. The number of hydrogen-bond acceptors (Lipinski definition) is 4. The summed E-state index contributed by atoms with van der Waals surface area (Å²) in [6.07, 6.45) is 1.44. The van der Waals surface area contributed by atoms with Gasteiger partial charge in [0.2, 0.25) is 0 Å². The Hall–Kier alpha value is -1.89. The molecule has 0 aromatic carbocycles. The first-order chi connectivity index (χ1) is 7.97. The Morgan fingerprint density at radius 2 is 2.24 bits per heavy atom. The van der Waals surface area contributed by atoms with E-state index in [1.165, 1.54) is 13.3 Å². The molecular formula is C10H14N4O2S. The maximum Gasteiger partial charge on any atom is 0.340 e. The number of aromatic nitrogens is 1. The van der Waals surface area contributed by atoms with Crippen LogP contribution in [0.4, 0.5) is 0 Å². The molecule has 0 amide bonds. The minimum absolute atomic E-state index is 0.0564. The van der Waals surface area contributed by atoms with Gasteiger partial charge in [0.25, 0.3) is 0 Å². The molecule has 0 saturated carbocycles. The Kier molecular flexibility index (Phi) is 4.22. The molecule has 0 bridgehead atoms. The molecule has 4 N–H and O–H groups in total. The van der Waals surface area contributed by atoms with Crippen molar-refractivity contribution in [3.63, 3.8) is 0 Å². The SMILES string of the molecule is COC(=O)c1c(C=NNC(N)=S)[nH]c(C)c1C. The van der Waals surface area contributed by atoms with E-state index in [0.717, 1.165) is 11.3 Å². The van der Waals surface area contributed by atoms with E-state index in [1.54, 1.807) is 0 Å². The van der Waals surface area contributed by atoms with E-state index in [2.05, 4.69) is 27.7 Å². The molecule has 0 saturated heterocycles. The molecule has 0 spiro atoms. The predicted octanol–water partition coefficient (Wildman–Crippen LogP) is 0.585. The molecule has 1 rings (SSSR count). The number of aromatic amines is 1. The number of thiocarbonyl (C=S) groups is 1. The van der Waals surface area contributed by atoms with Crippen LogP contribution < -0.4 is 11.2 Å². The molecule has 0 aliphatic rings. The van der Waals surface area contributed by atoms with E-state index in [1.807, 2.05) is 13.8 Å². The maximum atomic E-state index is 11.6. The number of nitrogens with zero attached hydrogens (tertiary/aromatic N) is 1. The maximum absolute atomic E-state index is 11.6. The number of esters is 1. The van der Waals surface area contributed by atoms with Crippen molar-refractivity contribution in [3.8, 4) is 0 Å². The standard InChI is InChI=1S/C10H14N4O2S/c1-5-6(2)13-7(4-12-14-10(11)17)8(5)9(15)16-3/h4,13H,1-3H3,(H3,11,14,17). The first-order valence-electron chi connectivity index (χ1n) is 4.83. The third kappa shape index (κ3) is 3.04. The number of carbonyl (C=O) groups is 1. The van der Waals surface area contributed by atoms with Gasteiger partial charge in [-0.2, -0.15) is 5.10 Å². The molecule has 1 aromatic rings. The molecule has 17 heavy (non-hydrogen) atoms. The van der Waals surface area contributed by atoms with Crippen LogP contribution in [0.25, 0.3) is 0 Å². The molecule has 7 heteroatoms. The van der Waals surface area contributed by atoms with Crippen LogP contribution in [0.3, 0.4) is 0 Å². The molecule has 0 unspecified atom stereocenters. The van der Waals surface area contributed by atoms with Gasteiger partial charge in [-0.15, -0.1) is 0 Å². The highest BCUT2D eigenvalue weighted by molar-refractivity contribution is 7.80. The Morgan fingerprint density at radius 1 is 1.59 bits per heavy atom. The number of rotatable bonds is 3. The lowest BCUT2D eigenvalue weighted by molar-refractivity contribution is 0.0600. The van der Waals surface area contributed by atoms with Crippen molar-refractivity contribution in [1.29, 1.82) is 0 Å². The van der Waals surface area contributed by atoms with Crippen LogP contribution in [0.1, 0.15) is 27.3 Å². The summed E-state index contributed by atoms with van der Waals surface area (Å²) >= 11 is 4.60. The topological polar surface area (TPSA) is 92.5 Å². The van der Waals surface area contributed by atoms with Gasteiger partial charge in [-0.3, -0.25) is 5.43 Å². The van der Waals surface area contributed by atoms with Crippen molar-refractivity contribution in [2.45, 2.75) is 13.8 Å². The Bertz CT molecular complexity index is 479. The Morgan fingerprint density at radius 3 is 2.76 bits per heavy atom. The summed E-state index contributed by atoms with van der Waals surface area (Å²) in [5, 5.41) is 3.85. The number of nitrogens with one attached hydrogen (secondary N) is 2. The third-order valence-corrected chi connectivity index (χ3v) is 2.38. The highest BCUT2D eigenvalue weighted by atomic mass is 32.1. The average Bonchev–Trinajstić information content (AvgIpc) is 2.54. The van der Waals surface area contributed by atoms with Crippen LogP contribution in [0, 0.1) is 13.8 Å². The van der Waals surface area contributed by atoms with Gasteiger partial charge >= 0.3 is 5.97 Å². The fourth-order valence-electron chi connectivity index (χ4n) is 1.37. The van der Waals surface area contributed by atoms with Crippen molar-refractivity contribution in [3.05, 3.63) is 22.5 Å². The lowest BCUT2D eigenvalue weighted by Crippen LogP contribution is -2.24. The van der Waals surface area contributed by atoms with Crippen LogP contribution in [0.2, 0.25) is 0 Å². The second-order valence-electron chi connectivity index (χ2n) is 3.39. The Balaban J connectivity index is 3.07. The van der Waals surface area contributed by atoms with E-state index in [-0.39, 0.29) is 5.11 Å². The van der Waals surface area contributed by atoms with E-state index < -0.39 is 5.97 Å². The van der Waals surface area contributed by atoms with Gasteiger partial charge in [0.1, 0.15) is 0 Å². The zero-order valence-corrected chi connectivity index (χ0v) is 10.6. The predicted molar refractivity (Wildman–Crippen MR) is 69.1 cm³/mol. The monoisotopic (exact) mass is 254 g/mol. The van der Waals surface area contributed by atoms with E-state index in [9.17, 15) is 4.79 Å². The van der Waals surface area contributed by atoms with Crippen LogP contribution in [-0.4, -0.2) is 29.4 Å². The van der Waals surface area contributed by atoms with Crippen molar-refractivity contribution >= 4 is 29.5 Å². The number of methoxy groups -OCH3 is 1. The highest BCUT2D eigenvalue weighted by Gasteiger charge is 2.18. The second kappa shape index (κ2) is 5.44. The summed E-state index contributed by atoms with van der Waals surface area (Å²) in [5.74, 6) is -0.413. The van der Waals surface area contributed by atoms with Crippen molar-refractivity contribution < 1.29 is 9.53 Å². The molecule has 1 heterocycles. The molecule has 6 nitrogen and oxygen atoms in total. The largest absolute Gasteiger partial charge is 0.465 e. The van der Waals surface area contributed by atoms with Gasteiger partial charge in [-0.05, 0) is 31.6 Å². The van der Waals surface area contributed by atoms with Crippen LogP contribution in [0.5, 0.6) is 0 Å². The van der Waals surface area contributed by atoms with Crippen LogP contribution in [0.15, 0.2) is 5.10 Å². The fraction of sp³-hybridized carbons (Fsp3) is 0.300. The smallest absolute Gasteiger partial charge is 0.340 e. The zero-order valence-electron chi connectivity index (χ0n) is 9.83. The summed E-state index contributed by atoms with van der Waals surface area (Å²) in [5.41, 5.74) is 10.3. The Labute approximate surface area is 104 Å². The minimum Gasteiger partial charge on any atom is -0.465 e. The van der Waals surface area contributed by atoms with Crippen molar-refractivity contribution in [2.24, 2.45) is 10.8 Å². The number of H-pyrrole nitrogens is 1. The van der Waals surface area contributed by atoms with Crippen LogP contribution in [-0.2, 0) is 4.74 Å². The lowest BCUT2D eigenvalue weighted by Gasteiger charge is -1.99. The summed E-state index contributed by atoms with van der Waals surface area (Å²) in [4.78, 5) is 14.6. The number of hydrazone groups is 1. The van der Waals surface area contributed by atoms with Gasteiger partial charge in [0.05, 0.1) is 24.6 Å². The van der Waals surface area contributed by atoms with E-state index in [4.69, 9.17) is 10.5 Å². The molecule has 92 valence electrons. The second-order valence-corrected chi connectivity index (χ2v) is 3.83. The summed E-state index contributed by atoms with van der Waals surface area (Å²) in [6, 6.07) is 0. The quantitative estimate of drug-likeness (QED) is 0.318. The summed E-state index contributed by atoms with van der Waals surface area (Å²) < 4.78 is 4.71. The molecule has 0 aliphatic carbocycles. The van der Waals surface area contributed by atoms with Crippen LogP contribution >= 0.6 is 12.2 Å². The summed E-state index contributed by atoms with van der Waals surface area (Å²) in [6.45, 7) is 3.69. The minimum atomic E-state index is -0.413. The third-order valence-electron chi connectivity index (χ3n) is 2.29. The molecular weight excluding hydrogens is 240 g/mol.